The number of hydrogen-bond donors (Lipinski definition) is 0. The zero-order valence-corrected chi connectivity index (χ0v) is 22.8. The van der Waals surface area contributed by atoms with Gasteiger partial charge in [0.25, 0.3) is 0 Å². The third kappa shape index (κ3) is 5.23. The van der Waals surface area contributed by atoms with Crippen molar-refractivity contribution in [3.63, 3.8) is 0 Å². The lowest BCUT2D eigenvalue weighted by atomic mass is 9.92. The first kappa shape index (κ1) is 25.0. The largest absolute Gasteiger partial charge is 0.377 e. The highest BCUT2D eigenvalue weighted by Crippen LogP contribution is 2.57. The van der Waals surface area contributed by atoms with Gasteiger partial charge in [0, 0.05) is 25.3 Å². The highest BCUT2D eigenvalue weighted by molar-refractivity contribution is 7.67. The number of nitrogens with zero attached hydrogens (tertiary/aromatic N) is 2. The molecule has 2 saturated carbocycles. The molecule has 0 spiro atoms. The first-order valence-electron chi connectivity index (χ1n) is 13.9. The van der Waals surface area contributed by atoms with Crippen LogP contribution in [-0.4, -0.2) is 25.4 Å². The molecule has 3 aromatic rings. The fourth-order valence-electron chi connectivity index (χ4n) is 6.48. The highest BCUT2D eigenvalue weighted by atomic mass is 31.1. The predicted molar refractivity (Wildman–Crippen MR) is 157 cm³/mol. The minimum absolute atomic E-state index is 0.219. The maximum atomic E-state index is 9.34. The zero-order valence-electron chi connectivity index (χ0n) is 21.9. The van der Waals surface area contributed by atoms with Crippen molar-refractivity contribution in [3.8, 4) is 28.3 Å². The molecule has 0 aliphatic heterocycles. The van der Waals surface area contributed by atoms with E-state index in [-0.39, 0.29) is 7.92 Å². The smallest absolute Gasteiger partial charge is 0.0991 e. The van der Waals surface area contributed by atoms with Gasteiger partial charge in [0.1, 0.15) is 0 Å². The monoisotopic (exact) mass is 494 g/mol. The molecule has 0 bridgehead atoms. The Morgan fingerprint density at radius 2 is 1.28 bits per heavy atom. The Labute approximate surface area is 219 Å². The third-order valence-corrected chi connectivity index (χ3v) is 11.8. The van der Waals surface area contributed by atoms with E-state index in [1.807, 2.05) is 12.1 Å². The molecule has 186 valence electrons. The standard InChI is InChI=1S/C33H39N2P/c1-35(2)31-18-11-17-29(26-22-20-25(24-34)21-23-26)33(31)30-16-9-10-19-32(30)36(27-12-5-3-6-13-27)28-14-7-4-8-15-28/h9-11,16-23,27-28H,3-8,12-15H2,1-2H3. The van der Waals surface area contributed by atoms with Crippen LogP contribution in [0.15, 0.2) is 66.7 Å². The van der Waals surface area contributed by atoms with Gasteiger partial charge in [0.15, 0.2) is 0 Å². The van der Waals surface area contributed by atoms with Crippen molar-refractivity contribution >= 4 is 18.9 Å². The van der Waals surface area contributed by atoms with Crippen LogP contribution >= 0.6 is 7.92 Å². The average molecular weight is 495 g/mol. The number of rotatable bonds is 6. The normalized spacial score (nSPS) is 17.2. The Morgan fingerprint density at radius 3 is 1.86 bits per heavy atom. The van der Waals surface area contributed by atoms with Crippen molar-refractivity contribution < 1.29 is 0 Å². The van der Waals surface area contributed by atoms with Gasteiger partial charge in [-0.15, -0.1) is 0 Å². The lowest BCUT2D eigenvalue weighted by molar-refractivity contribution is 0.487. The van der Waals surface area contributed by atoms with E-state index in [0.717, 1.165) is 11.3 Å². The van der Waals surface area contributed by atoms with E-state index in [2.05, 4.69) is 79.7 Å². The minimum atomic E-state index is -0.219. The molecule has 0 amide bonds. The van der Waals surface area contributed by atoms with Crippen LogP contribution in [0.4, 0.5) is 5.69 Å². The molecule has 0 atom stereocenters. The molecule has 0 unspecified atom stereocenters. The van der Waals surface area contributed by atoms with Crippen LogP contribution in [-0.2, 0) is 0 Å². The Bertz CT molecular complexity index is 1180. The summed E-state index contributed by atoms with van der Waals surface area (Å²) in [5.41, 5.74) is 8.94. The van der Waals surface area contributed by atoms with E-state index in [1.54, 1.807) is 5.30 Å². The van der Waals surface area contributed by atoms with Crippen LogP contribution in [0.2, 0.25) is 0 Å². The second-order valence-corrected chi connectivity index (χ2v) is 13.5. The summed E-state index contributed by atoms with van der Waals surface area (Å²) in [5.74, 6) is 0. The van der Waals surface area contributed by atoms with Crippen LogP contribution in [0, 0.1) is 11.3 Å². The lowest BCUT2D eigenvalue weighted by Gasteiger charge is -2.40. The number of benzene rings is 3. The quantitative estimate of drug-likeness (QED) is 0.320. The Kier molecular flexibility index (Phi) is 8.09. The number of anilines is 1. The molecule has 0 N–H and O–H groups in total. The molecule has 0 radical (unpaired) electrons. The van der Waals surface area contributed by atoms with Crippen molar-refractivity contribution in [2.75, 3.05) is 19.0 Å². The van der Waals surface area contributed by atoms with E-state index < -0.39 is 0 Å². The zero-order chi connectivity index (χ0) is 24.9. The molecule has 3 aromatic carbocycles. The number of hydrogen-bond acceptors (Lipinski definition) is 2. The van der Waals surface area contributed by atoms with Gasteiger partial charge in [0.05, 0.1) is 11.6 Å². The van der Waals surface area contributed by atoms with Crippen LogP contribution in [0.3, 0.4) is 0 Å². The lowest BCUT2D eigenvalue weighted by Crippen LogP contribution is -2.27. The summed E-state index contributed by atoms with van der Waals surface area (Å²) in [7, 11) is 4.10. The SMILES string of the molecule is CN(C)c1cccc(-c2ccc(C#N)cc2)c1-c1ccccc1P(C1CCCCC1)C1CCCCC1. The summed E-state index contributed by atoms with van der Waals surface area (Å²) in [6, 6.07) is 26.5. The van der Waals surface area contributed by atoms with Gasteiger partial charge in [0.2, 0.25) is 0 Å². The van der Waals surface area contributed by atoms with E-state index in [9.17, 15) is 5.26 Å². The summed E-state index contributed by atoms with van der Waals surface area (Å²) in [5, 5.41) is 11.0. The topological polar surface area (TPSA) is 27.0 Å². The van der Waals surface area contributed by atoms with Crippen LogP contribution < -0.4 is 10.2 Å². The van der Waals surface area contributed by atoms with E-state index in [4.69, 9.17) is 0 Å². The maximum Gasteiger partial charge on any atom is 0.0991 e. The predicted octanol–water partition coefficient (Wildman–Crippen LogP) is 8.73. The molecular formula is C33H39N2P. The van der Waals surface area contributed by atoms with E-state index in [0.29, 0.717) is 5.56 Å². The van der Waals surface area contributed by atoms with Crippen molar-refractivity contribution in [2.24, 2.45) is 0 Å². The molecule has 3 heteroatoms. The highest BCUT2D eigenvalue weighted by Gasteiger charge is 2.34. The summed E-state index contributed by atoms with van der Waals surface area (Å²) < 4.78 is 0. The summed E-state index contributed by atoms with van der Waals surface area (Å²) in [4.78, 5) is 2.27. The molecule has 2 aliphatic rings. The van der Waals surface area contributed by atoms with Gasteiger partial charge < -0.3 is 4.90 Å². The van der Waals surface area contributed by atoms with Crippen LogP contribution in [0.1, 0.15) is 69.8 Å². The van der Waals surface area contributed by atoms with Gasteiger partial charge in [-0.1, -0.05) is 95.0 Å². The Hall–Kier alpha value is -2.62. The van der Waals surface area contributed by atoms with Gasteiger partial charge >= 0.3 is 0 Å². The Balaban J connectivity index is 1.69. The molecule has 5 rings (SSSR count). The molecule has 0 saturated heterocycles. The van der Waals surface area contributed by atoms with E-state index in [1.165, 1.54) is 92.1 Å². The summed E-state index contributed by atoms with van der Waals surface area (Å²) in [6.07, 6.45) is 14.1. The minimum Gasteiger partial charge on any atom is -0.377 e. The molecule has 0 heterocycles. The molecular weight excluding hydrogens is 455 g/mol. The summed E-state index contributed by atoms with van der Waals surface area (Å²) >= 11 is 0. The fraction of sp³-hybridized carbons (Fsp3) is 0.424. The van der Waals surface area contributed by atoms with Crippen molar-refractivity contribution in [3.05, 3.63) is 72.3 Å². The molecule has 2 aliphatic carbocycles. The second kappa shape index (κ2) is 11.6. The first-order chi connectivity index (χ1) is 17.7. The molecule has 2 nitrogen and oxygen atoms in total. The average Bonchev–Trinajstić information content (AvgIpc) is 2.94. The molecule has 2 fully saturated rings. The molecule has 0 aromatic heterocycles. The Morgan fingerprint density at radius 1 is 0.694 bits per heavy atom. The van der Waals surface area contributed by atoms with Crippen molar-refractivity contribution in [2.45, 2.75) is 75.5 Å². The van der Waals surface area contributed by atoms with Gasteiger partial charge in [-0.25, -0.2) is 0 Å². The maximum absolute atomic E-state index is 9.34. The first-order valence-corrected chi connectivity index (χ1v) is 15.3. The second-order valence-electron chi connectivity index (χ2n) is 10.8. The third-order valence-electron chi connectivity index (χ3n) is 8.24. The van der Waals surface area contributed by atoms with Crippen molar-refractivity contribution in [1.29, 1.82) is 5.26 Å². The van der Waals surface area contributed by atoms with Crippen LogP contribution in [0.5, 0.6) is 0 Å². The van der Waals surface area contributed by atoms with Crippen LogP contribution in [0.25, 0.3) is 22.3 Å². The number of nitriles is 1. The molecule has 36 heavy (non-hydrogen) atoms. The fourth-order valence-corrected chi connectivity index (χ4v) is 10.4. The van der Waals surface area contributed by atoms with E-state index >= 15 is 0 Å². The summed E-state index contributed by atoms with van der Waals surface area (Å²) in [6.45, 7) is 0. The van der Waals surface area contributed by atoms with Gasteiger partial charge in [-0.2, -0.15) is 5.26 Å². The van der Waals surface area contributed by atoms with Gasteiger partial charge in [-0.05, 0) is 77.2 Å². The van der Waals surface area contributed by atoms with Crippen molar-refractivity contribution in [1.82, 2.24) is 0 Å². The van der Waals surface area contributed by atoms with Gasteiger partial charge in [-0.3, -0.25) is 0 Å².